The highest BCUT2D eigenvalue weighted by molar-refractivity contribution is 5.89. The maximum Gasteiger partial charge on any atom is 0.337 e. The minimum absolute atomic E-state index is 0.138. The Bertz CT molecular complexity index is 304. The number of hydrogen-bond acceptors (Lipinski definition) is 3. The van der Waals surface area contributed by atoms with E-state index >= 15 is 0 Å². The molecule has 0 bridgehead atoms. The first-order chi connectivity index (χ1) is 6.63. The number of esters is 1. The van der Waals surface area contributed by atoms with Crippen molar-refractivity contribution in [3.63, 3.8) is 0 Å². The van der Waals surface area contributed by atoms with Crippen molar-refractivity contribution >= 4 is 5.97 Å². The molecule has 3 heteroatoms. The van der Waals surface area contributed by atoms with E-state index in [0.717, 1.165) is 12.0 Å². The fourth-order valence-electron chi connectivity index (χ4n) is 1.27. The topological polar surface area (TPSA) is 52.3 Å². The van der Waals surface area contributed by atoms with Crippen molar-refractivity contribution in [1.29, 1.82) is 0 Å². The SMILES string of the molecule is COC(=O)c1ccc(CC(C)N)cc1. The summed E-state index contributed by atoms with van der Waals surface area (Å²) >= 11 is 0. The normalized spacial score (nSPS) is 12.2. The third kappa shape index (κ3) is 2.85. The summed E-state index contributed by atoms with van der Waals surface area (Å²) in [6.45, 7) is 1.95. The van der Waals surface area contributed by atoms with Gasteiger partial charge in [-0.2, -0.15) is 0 Å². The predicted molar refractivity (Wildman–Crippen MR) is 55.1 cm³/mol. The number of ether oxygens (including phenoxy) is 1. The Morgan fingerprint density at radius 2 is 2.00 bits per heavy atom. The number of carbonyl (C=O) groups excluding carboxylic acids is 1. The average molecular weight is 193 g/mol. The average Bonchev–Trinajstić information content (AvgIpc) is 2.17. The van der Waals surface area contributed by atoms with E-state index in [-0.39, 0.29) is 12.0 Å². The molecular formula is C11H15NO2. The second-order valence-corrected chi connectivity index (χ2v) is 3.37. The quantitative estimate of drug-likeness (QED) is 0.737. The van der Waals surface area contributed by atoms with Crippen LogP contribution in [0.25, 0.3) is 0 Å². The third-order valence-electron chi connectivity index (χ3n) is 1.93. The minimum atomic E-state index is -0.308. The van der Waals surface area contributed by atoms with Gasteiger partial charge in [0.2, 0.25) is 0 Å². The van der Waals surface area contributed by atoms with E-state index in [4.69, 9.17) is 5.73 Å². The summed E-state index contributed by atoms with van der Waals surface area (Å²) in [6, 6.07) is 7.44. The van der Waals surface area contributed by atoms with E-state index in [2.05, 4.69) is 4.74 Å². The molecule has 0 aliphatic heterocycles. The van der Waals surface area contributed by atoms with Gasteiger partial charge in [0.25, 0.3) is 0 Å². The number of nitrogens with two attached hydrogens (primary N) is 1. The molecule has 76 valence electrons. The van der Waals surface area contributed by atoms with Crippen molar-refractivity contribution < 1.29 is 9.53 Å². The van der Waals surface area contributed by atoms with Crippen molar-refractivity contribution in [2.75, 3.05) is 7.11 Å². The van der Waals surface area contributed by atoms with Gasteiger partial charge in [-0.05, 0) is 31.0 Å². The van der Waals surface area contributed by atoms with Crippen LogP contribution >= 0.6 is 0 Å². The van der Waals surface area contributed by atoms with Crippen LogP contribution in [0.1, 0.15) is 22.8 Å². The summed E-state index contributed by atoms with van der Waals surface area (Å²) in [5, 5.41) is 0. The van der Waals surface area contributed by atoms with Crippen molar-refractivity contribution in [1.82, 2.24) is 0 Å². The molecule has 0 heterocycles. The summed E-state index contributed by atoms with van der Waals surface area (Å²) in [7, 11) is 1.37. The van der Waals surface area contributed by atoms with Crippen molar-refractivity contribution in [3.05, 3.63) is 35.4 Å². The first-order valence-corrected chi connectivity index (χ1v) is 4.56. The lowest BCUT2D eigenvalue weighted by Crippen LogP contribution is -2.17. The Morgan fingerprint density at radius 3 is 2.43 bits per heavy atom. The van der Waals surface area contributed by atoms with Gasteiger partial charge in [-0.25, -0.2) is 4.79 Å². The van der Waals surface area contributed by atoms with Gasteiger partial charge in [0.05, 0.1) is 12.7 Å². The Kier molecular flexibility index (Phi) is 3.65. The highest BCUT2D eigenvalue weighted by atomic mass is 16.5. The molecule has 3 nitrogen and oxygen atoms in total. The first kappa shape index (κ1) is 10.7. The molecule has 14 heavy (non-hydrogen) atoms. The Morgan fingerprint density at radius 1 is 1.43 bits per heavy atom. The van der Waals surface area contributed by atoms with Crippen LogP contribution in [-0.4, -0.2) is 19.1 Å². The molecule has 0 fully saturated rings. The highest BCUT2D eigenvalue weighted by Crippen LogP contribution is 2.07. The number of rotatable bonds is 3. The maximum absolute atomic E-state index is 11.1. The van der Waals surface area contributed by atoms with Gasteiger partial charge >= 0.3 is 5.97 Å². The van der Waals surface area contributed by atoms with Crippen LogP contribution in [-0.2, 0) is 11.2 Å². The number of methoxy groups -OCH3 is 1. The van der Waals surface area contributed by atoms with E-state index in [9.17, 15) is 4.79 Å². The van der Waals surface area contributed by atoms with E-state index in [1.807, 2.05) is 19.1 Å². The van der Waals surface area contributed by atoms with Crippen LogP contribution in [0.15, 0.2) is 24.3 Å². The first-order valence-electron chi connectivity index (χ1n) is 4.56. The molecule has 1 atom stereocenters. The minimum Gasteiger partial charge on any atom is -0.465 e. The van der Waals surface area contributed by atoms with Gasteiger partial charge < -0.3 is 10.5 Å². The summed E-state index contributed by atoms with van der Waals surface area (Å²) in [4.78, 5) is 11.1. The second-order valence-electron chi connectivity index (χ2n) is 3.37. The van der Waals surface area contributed by atoms with E-state index < -0.39 is 0 Å². The Labute approximate surface area is 83.9 Å². The molecule has 0 aromatic heterocycles. The maximum atomic E-state index is 11.1. The fraction of sp³-hybridized carbons (Fsp3) is 0.364. The van der Waals surface area contributed by atoms with Crippen molar-refractivity contribution in [3.8, 4) is 0 Å². The largest absolute Gasteiger partial charge is 0.465 e. The monoisotopic (exact) mass is 193 g/mol. The zero-order valence-corrected chi connectivity index (χ0v) is 8.49. The van der Waals surface area contributed by atoms with Gasteiger partial charge in [-0.15, -0.1) is 0 Å². The molecule has 0 saturated carbocycles. The van der Waals surface area contributed by atoms with Crippen LogP contribution in [0.5, 0.6) is 0 Å². The zero-order chi connectivity index (χ0) is 10.6. The molecule has 0 spiro atoms. The second kappa shape index (κ2) is 4.77. The van der Waals surface area contributed by atoms with Crippen molar-refractivity contribution in [2.24, 2.45) is 5.73 Å². The standard InChI is InChI=1S/C11H15NO2/c1-8(12)7-9-3-5-10(6-4-9)11(13)14-2/h3-6,8H,7,12H2,1-2H3. The van der Waals surface area contributed by atoms with Crippen LogP contribution < -0.4 is 5.73 Å². The van der Waals surface area contributed by atoms with Gasteiger partial charge in [-0.1, -0.05) is 12.1 Å². The fourth-order valence-corrected chi connectivity index (χ4v) is 1.27. The summed E-state index contributed by atoms with van der Waals surface area (Å²) in [5.41, 5.74) is 7.36. The molecular weight excluding hydrogens is 178 g/mol. The van der Waals surface area contributed by atoms with Crippen LogP contribution in [0, 0.1) is 0 Å². The lowest BCUT2D eigenvalue weighted by molar-refractivity contribution is 0.0601. The Balaban J connectivity index is 2.73. The summed E-state index contributed by atoms with van der Waals surface area (Å²) in [5.74, 6) is -0.308. The van der Waals surface area contributed by atoms with Crippen molar-refractivity contribution in [2.45, 2.75) is 19.4 Å². The van der Waals surface area contributed by atoms with E-state index in [1.54, 1.807) is 12.1 Å². The number of benzene rings is 1. The van der Waals surface area contributed by atoms with Crippen LogP contribution in [0.4, 0.5) is 0 Å². The summed E-state index contributed by atoms with van der Waals surface area (Å²) in [6.07, 6.45) is 0.821. The third-order valence-corrected chi connectivity index (χ3v) is 1.93. The zero-order valence-electron chi connectivity index (χ0n) is 8.49. The Hall–Kier alpha value is -1.35. The van der Waals surface area contributed by atoms with Gasteiger partial charge in [-0.3, -0.25) is 0 Å². The van der Waals surface area contributed by atoms with E-state index in [1.165, 1.54) is 7.11 Å². The molecule has 1 aromatic rings. The summed E-state index contributed by atoms with van der Waals surface area (Å²) < 4.78 is 4.59. The smallest absolute Gasteiger partial charge is 0.337 e. The molecule has 1 unspecified atom stereocenters. The number of hydrogen-bond donors (Lipinski definition) is 1. The van der Waals surface area contributed by atoms with Gasteiger partial charge in [0, 0.05) is 6.04 Å². The molecule has 2 N–H and O–H groups in total. The molecule has 0 aliphatic rings. The lowest BCUT2D eigenvalue weighted by Gasteiger charge is -2.05. The van der Waals surface area contributed by atoms with Gasteiger partial charge in [0.1, 0.15) is 0 Å². The number of carbonyl (C=O) groups is 1. The lowest BCUT2D eigenvalue weighted by atomic mass is 10.1. The molecule has 0 aliphatic carbocycles. The molecule has 0 amide bonds. The highest BCUT2D eigenvalue weighted by Gasteiger charge is 2.04. The molecule has 1 aromatic carbocycles. The van der Waals surface area contributed by atoms with E-state index in [0.29, 0.717) is 5.56 Å². The van der Waals surface area contributed by atoms with Crippen LogP contribution in [0.3, 0.4) is 0 Å². The molecule has 0 saturated heterocycles. The predicted octanol–water partition coefficient (Wildman–Crippen LogP) is 1.36. The molecule has 1 rings (SSSR count). The van der Waals surface area contributed by atoms with Gasteiger partial charge in [0.15, 0.2) is 0 Å². The van der Waals surface area contributed by atoms with Crippen LogP contribution in [0.2, 0.25) is 0 Å². The molecule has 0 radical (unpaired) electrons.